The SMILES string of the molecule is CC(C(=O)Nc1ccccc1CN)N(C)CCCN(C)C. The van der Waals surface area contributed by atoms with Gasteiger partial charge < -0.3 is 16.0 Å². The van der Waals surface area contributed by atoms with E-state index in [4.69, 9.17) is 5.73 Å². The molecule has 0 fully saturated rings. The van der Waals surface area contributed by atoms with Crippen LogP contribution in [0.1, 0.15) is 18.9 Å². The number of likely N-dealkylation sites (N-methyl/N-ethyl adjacent to an activating group) is 1. The lowest BCUT2D eigenvalue weighted by molar-refractivity contribution is -0.120. The number of para-hydroxylation sites is 1. The Morgan fingerprint density at radius 2 is 1.90 bits per heavy atom. The van der Waals surface area contributed by atoms with Gasteiger partial charge in [0, 0.05) is 12.2 Å². The van der Waals surface area contributed by atoms with Crippen molar-refractivity contribution in [3.63, 3.8) is 0 Å². The molecule has 0 aliphatic carbocycles. The molecule has 0 radical (unpaired) electrons. The van der Waals surface area contributed by atoms with Gasteiger partial charge in [0.2, 0.25) is 5.91 Å². The van der Waals surface area contributed by atoms with Gasteiger partial charge in [-0.15, -0.1) is 0 Å². The van der Waals surface area contributed by atoms with Gasteiger partial charge in [-0.25, -0.2) is 0 Å². The third-order valence-corrected chi connectivity index (χ3v) is 3.65. The van der Waals surface area contributed by atoms with Crippen molar-refractivity contribution < 1.29 is 4.79 Å². The predicted molar refractivity (Wildman–Crippen MR) is 88.2 cm³/mol. The van der Waals surface area contributed by atoms with Gasteiger partial charge in [-0.05, 0) is 59.2 Å². The Morgan fingerprint density at radius 1 is 1.24 bits per heavy atom. The minimum Gasteiger partial charge on any atom is -0.326 e. The summed E-state index contributed by atoms with van der Waals surface area (Å²) in [6, 6.07) is 7.48. The molecule has 5 nitrogen and oxygen atoms in total. The zero-order chi connectivity index (χ0) is 15.8. The molecule has 0 spiro atoms. The summed E-state index contributed by atoms with van der Waals surface area (Å²) in [5.74, 6) is 0.00301. The summed E-state index contributed by atoms with van der Waals surface area (Å²) in [5, 5.41) is 2.97. The van der Waals surface area contributed by atoms with Gasteiger partial charge in [0.05, 0.1) is 6.04 Å². The topological polar surface area (TPSA) is 61.6 Å². The number of nitrogens with two attached hydrogens (primary N) is 1. The molecule has 1 atom stereocenters. The van der Waals surface area contributed by atoms with E-state index in [1.54, 1.807) is 0 Å². The molecule has 0 heterocycles. The van der Waals surface area contributed by atoms with E-state index in [-0.39, 0.29) is 11.9 Å². The number of benzene rings is 1. The van der Waals surface area contributed by atoms with E-state index in [2.05, 4.69) is 29.2 Å². The van der Waals surface area contributed by atoms with Crippen LogP contribution in [0, 0.1) is 0 Å². The fourth-order valence-corrected chi connectivity index (χ4v) is 2.09. The number of anilines is 1. The molecule has 21 heavy (non-hydrogen) atoms. The van der Waals surface area contributed by atoms with Gasteiger partial charge in [-0.2, -0.15) is 0 Å². The minimum atomic E-state index is -0.169. The second-order valence-electron chi connectivity index (χ2n) is 5.66. The summed E-state index contributed by atoms with van der Waals surface area (Å²) >= 11 is 0. The van der Waals surface area contributed by atoms with Gasteiger partial charge in [-0.3, -0.25) is 9.69 Å². The molecule has 1 rings (SSSR count). The standard InChI is InChI=1S/C16H28N4O/c1-13(20(4)11-7-10-19(2)3)16(21)18-15-9-6-5-8-14(15)12-17/h5-6,8-9,13H,7,10-12,17H2,1-4H3,(H,18,21). The Morgan fingerprint density at radius 3 is 2.52 bits per heavy atom. The van der Waals surface area contributed by atoms with Crippen molar-refractivity contribution >= 4 is 11.6 Å². The van der Waals surface area contributed by atoms with E-state index in [0.717, 1.165) is 30.8 Å². The molecule has 1 amide bonds. The Bertz CT molecular complexity index is 448. The predicted octanol–water partition coefficient (Wildman–Crippen LogP) is 1.36. The van der Waals surface area contributed by atoms with Crippen LogP contribution in [0.2, 0.25) is 0 Å². The molecule has 1 aromatic rings. The first-order valence-corrected chi connectivity index (χ1v) is 7.39. The second-order valence-corrected chi connectivity index (χ2v) is 5.66. The number of carbonyl (C=O) groups is 1. The van der Waals surface area contributed by atoms with Crippen LogP contribution in [-0.2, 0) is 11.3 Å². The molecule has 1 unspecified atom stereocenters. The summed E-state index contributed by atoms with van der Waals surface area (Å²) in [6.07, 6.45) is 1.04. The van der Waals surface area contributed by atoms with E-state index in [1.807, 2.05) is 38.2 Å². The minimum absolute atomic E-state index is 0.00301. The quantitative estimate of drug-likeness (QED) is 0.759. The molecule has 0 aliphatic heterocycles. The molecular formula is C16H28N4O. The van der Waals surface area contributed by atoms with Crippen LogP contribution in [-0.4, -0.2) is 56.0 Å². The van der Waals surface area contributed by atoms with Crippen LogP contribution in [0.15, 0.2) is 24.3 Å². The van der Waals surface area contributed by atoms with Gasteiger partial charge in [0.15, 0.2) is 0 Å². The first kappa shape index (κ1) is 17.6. The average molecular weight is 292 g/mol. The van der Waals surface area contributed by atoms with Crippen molar-refractivity contribution in [1.29, 1.82) is 0 Å². The van der Waals surface area contributed by atoms with Crippen LogP contribution in [0.25, 0.3) is 0 Å². The van der Waals surface area contributed by atoms with Crippen LogP contribution in [0.3, 0.4) is 0 Å². The van der Waals surface area contributed by atoms with Crippen LogP contribution in [0.5, 0.6) is 0 Å². The number of hydrogen-bond acceptors (Lipinski definition) is 4. The molecule has 0 aromatic heterocycles. The first-order chi connectivity index (χ1) is 9.95. The lowest BCUT2D eigenvalue weighted by Crippen LogP contribution is -2.40. The Labute approximate surface area is 128 Å². The Hall–Kier alpha value is -1.43. The monoisotopic (exact) mass is 292 g/mol. The van der Waals surface area contributed by atoms with Crippen molar-refractivity contribution in [2.45, 2.75) is 25.9 Å². The van der Waals surface area contributed by atoms with E-state index in [1.165, 1.54) is 0 Å². The highest BCUT2D eigenvalue weighted by molar-refractivity contribution is 5.95. The van der Waals surface area contributed by atoms with Crippen LogP contribution in [0.4, 0.5) is 5.69 Å². The number of rotatable bonds is 8. The van der Waals surface area contributed by atoms with E-state index in [9.17, 15) is 4.79 Å². The summed E-state index contributed by atoms with van der Waals surface area (Å²) in [7, 11) is 6.09. The number of nitrogens with zero attached hydrogens (tertiary/aromatic N) is 2. The molecule has 3 N–H and O–H groups in total. The van der Waals surface area contributed by atoms with Crippen molar-refractivity contribution in [1.82, 2.24) is 9.80 Å². The lowest BCUT2D eigenvalue weighted by atomic mass is 10.1. The molecule has 0 bridgehead atoms. The normalized spacial score (nSPS) is 12.7. The van der Waals surface area contributed by atoms with Gasteiger partial charge >= 0.3 is 0 Å². The first-order valence-electron chi connectivity index (χ1n) is 7.39. The highest BCUT2D eigenvalue weighted by Gasteiger charge is 2.18. The van der Waals surface area contributed by atoms with E-state index < -0.39 is 0 Å². The fraction of sp³-hybridized carbons (Fsp3) is 0.562. The maximum Gasteiger partial charge on any atom is 0.241 e. The van der Waals surface area contributed by atoms with Crippen molar-refractivity contribution in [2.75, 3.05) is 39.5 Å². The maximum atomic E-state index is 12.3. The second kappa shape index (κ2) is 8.77. The number of hydrogen-bond donors (Lipinski definition) is 2. The lowest BCUT2D eigenvalue weighted by Gasteiger charge is -2.24. The highest BCUT2D eigenvalue weighted by Crippen LogP contribution is 2.15. The van der Waals surface area contributed by atoms with Crippen molar-refractivity contribution in [3.8, 4) is 0 Å². The molecule has 0 aliphatic rings. The van der Waals surface area contributed by atoms with Gasteiger partial charge in [0.25, 0.3) is 0 Å². The largest absolute Gasteiger partial charge is 0.326 e. The van der Waals surface area contributed by atoms with Crippen molar-refractivity contribution in [3.05, 3.63) is 29.8 Å². The van der Waals surface area contributed by atoms with Crippen LogP contribution < -0.4 is 11.1 Å². The number of amides is 1. The van der Waals surface area contributed by atoms with E-state index >= 15 is 0 Å². The molecule has 118 valence electrons. The summed E-state index contributed by atoms with van der Waals surface area (Å²) in [6.45, 7) is 4.26. The Balaban J connectivity index is 2.53. The molecule has 5 heteroatoms. The average Bonchev–Trinajstić information content (AvgIpc) is 2.46. The Kier molecular flexibility index (Phi) is 7.36. The number of nitrogens with one attached hydrogen (secondary N) is 1. The van der Waals surface area contributed by atoms with Crippen LogP contribution >= 0.6 is 0 Å². The zero-order valence-electron chi connectivity index (χ0n) is 13.6. The molecule has 0 saturated carbocycles. The molecule has 0 saturated heterocycles. The summed E-state index contributed by atoms with van der Waals surface area (Å²) in [5.41, 5.74) is 7.45. The third kappa shape index (κ3) is 5.83. The van der Waals surface area contributed by atoms with Gasteiger partial charge in [-0.1, -0.05) is 18.2 Å². The van der Waals surface area contributed by atoms with Gasteiger partial charge in [0.1, 0.15) is 0 Å². The zero-order valence-corrected chi connectivity index (χ0v) is 13.6. The maximum absolute atomic E-state index is 12.3. The third-order valence-electron chi connectivity index (χ3n) is 3.65. The fourth-order valence-electron chi connectivity index (χ4n) is 2.09. The van der Waals surface area contributed by atoms with E-state index in [0.29, 0.717) is 6.54 Å². The molecule has 1 aromatic carbocycles. The smallest absolute Gasteiger partial charge is 0.241 e. The highest BCUT2D eigenvalue weighted by atomic mass is 16.2. The molecular weight excluding hydrogens is 264 g/mol. The number of carbonyl (C=O) groups excluding carboxylic acids is 1. The summed E-state index contributed by atoms with van der Waals surface area (Å²) in [4.78, 5) is 16.5. The van der Waals surface area contributed by atoms with Crippen molar-refractivity contribution in [2.24, 2.45) is 5.73 Å². The summed E-state index contributed by atoms with van der Waals surface area (Å²) < 4.78 is 0.